The van der Waals surface area contributed by atoms with Gasteiger partial charge in [-0.25, -0.2) is 5.43 Å². The van der Waals surface area contributed by atoms with E-state index < -0.39 is 4.92 Å². The Kier molecular flexibility index (Phi) is 2.14. The summed E-state index contributed by atoms with van der Waals surface area (Å²) < 4.78 is 0. The maximum absolute atomic E-state index is 11.3. The molecule has 80 valence electrons. The van der Waals surface area contributed by atoms with Crippen LogP contribution in [0.4, 0.5) is 5.69 Å². The van der Waals surface area contributed by atoms with Crippen LogP contribution in [0.15, 0.2) is 6.20 Å². The highest BCUT2D eigenvalue weighted by Crippen LogP contribution is 2.29. The fourth-order valence-corrected chi connectivity index (χ4v) is 1.24. The Labute approximate surface area is 85.2 Å². The molecule has 1 heterocycles. The van der Waals surface area contributed by atoms with Gasteiger partial charge in [0, 0.05) is 5.92 Å². The number of aromatic nitrogens is 2. The highest BCUT2D eigenvalue weighted by atomic mass is 16.6. The van der Waals surface area contributed by atoms with Crippen molar-refractivity contribution in [2.24, 2.45) is 5.92 Å². The molecule has 1 aliphatic carbocycles. The molecule has 0 radical (unpaired) electrons. The minimum absolute atomic E-state index is 0.0496. The lowest BCUT2D eigenvalue weighted by Gasteiger charge is -2.01. The number of aryl methyl sites for hydroxylation is 1. The second-order valence-electron chi connectivity index (χ2n) is 3.55. The summed E-state index contributed by atoms with van der Waals surface area (Å²) in [6.07, 6.45) is 2.97. The first-order valence-corrected chi connectivity index (χ1v) is 4.59. The molecular weight excluding hydrogens is 200 g/mol. The Morgan fingerprint density at radius 2 is 2.40 bits per heavy atom. The molecule has 0 aromatic carbocycles. The van der Waals surface area contributed by atoms with Gasteiger partial charge in [-0.2, -0.15) is 9.89 Å². The average molecular weight is 210 g/mol. The quantitative estimate of drug-likeness (QED) is 0.583. The van der Waals surface area contributed by atoms with Crippen LogP contribution in [0.2, 0.25) is 0 Å². The van der Waals surface area contributed by atoms with Gasteiger partial charge in [0.2, 0.25) is 5.91 Å². The first-order valence-electron chi connectivity index (χ1n) is 4.59. The molecule has 0 bridgehead atoms. The predicted molar refractivity (Wildman–Crippen MR) is 50.7 cm³/mol. The van der Waals surface area contributed by atoms with Gasteiger partial charge < -0.3 is 0 Å². The highest BCUT2D eigenvalue weighted by molar-refractivity contribution is 5.87. The first-order chi connectivity index (χ1) is 7.08. The van der Waals surface area contributed by atoms with Crippen molar-refractivity contribution in [3.05, 3.63) is 22.0 Å². The van der Waals surface area contributed by atoms with E-state index in [1.54, 1.807) is 0 Å². The summed E-state index contributed by atoms with van der Waals surface area (Å²) in [5.74, 6) is -0.0824. The largest absolute Gasteiger partial charge is 0.312 e. The van der Waals surface area contributed by atoms with E-state index in [9.17, 15) is 14.9 Å². The number of hydrogen-bond donors (Lipinski definition) is 1. The van der Waals surface area contributed by atoms with Crippen LogP contribution in [-0.2, 0) is 4.79 Å². The summed E-state index contributed by atoms with van der Waals surface area (Å²) >= 11 is 0. The SMILES string of the molecule is Cc1nn(NC(=O)C2CC2)cc1[N+](=O)[O-]. The summed E-state index contributed by atoms with van der Waals surface area (Å²) in [5, 5.41) is 14.3. The minimum Gasteiger partial charge on any atom is -0.273 e. The summed E-state index contributed by atoms with van der Waals surface area (Å²) in [7, 11) is 0. The fraction of sp³-hybridized carbons (Fsp3) is 0.500. The van der Waals surface area contributed by atoms with Crippen molar-refractivity contribution in [1.29, 1.82) is 0 Å². The van der Waals surface area contributed by atoms with E-state index in [-0.39, 0.29) is 23.2 Å². The molecule has 15 heavy (non-hydrogen) atoms. The van der Waals surface area contributed by atoms with Gasteiger partial charge in [0.25, 0.3) is 0 Å². The highest BCUT2D eigenvalue weighted by Gasteiger charge is 2.30. The van der Waals surface area contributed by atoms with Gasteiger partial charge >= 0.3 is 5.69 Å². The van der Waals surface area contributed by atoms with Crippen molar-refractivity contribution in [2.45, 2.75) is 19.8 Å². The molecular formula is C8H10N4O3. The Morgan fingerprint density at radius 1 is 1.73 bits per heavy atom. The van der Waals surface area contributed by atoms with E-state index in [2.05, 4.69) is 10.5 Å². The number of nitrogens with one attached hydrogen (secondary N) is 1. The zero-order valence-electron chi connectivity index (χ0n) is 8.14. The molecule has 0 saturated heterocycles. The van der Waals surface area contributed by atoms with Crippen LogP contribution in [-0.4, -0.2) is 20.7 Å². The molecule has 0 spiro atoms. The standard InChI is InChI=1S/C8H10N4O3/c1-5-7(12(14)15)4-11(9-5)10-8(13)6-2-3-6/h4,6H,2-3H2,1H3,(H,10,13). The van der Waals surface area contributed by atoms with Gasteiger partial charge in [-0.05, 0) is 19.8 Å². The van der Waals surface area contributed by atoms with Gasteiger partial charge in [-0.3, -0.25) is 14.9 Å². The monoisotopic (exact) mass is 210 g/mol. The smallest absolute Gasteiger partial charge is 0.273 e. The number of nitrogens with zero attached hydrogens (tertiary/aromatic N) is 3. The Balaban J connectivity index is 2.11. The van der Waals surface area contributed by atoms with Crippen molar-refractivity contribution in [1.82, 2.24) is 9.89 Å². The molecule has 1 saturated carbocycles. The van der Waals surface area contributed by atoms with Crippen molar-refractivity contribution in [3.8, 4) is 0 Å². The third-order valence-electron chi connectivity index (χ3n) is 2.24. The van der Waals surface area contributed by atoms with Gasteiger partial charge in [0.15, 0.2) is 0 Å². The van der Waals surface area contributed by atoms with Crippen LogP contribution in [0.1, 0.15) is 18.5 Å². The molecule has 7 heteroatoms. The van der Waals surface area contributed by atoms with E-state index in [4.69, 9.17) is 0 Å². The third kappa shape index (κ3) is 1.95. The second kappa shape index (κ2) is 3.34. The molecule has 0 aliphatic heterocycles. The zero-order chi connectivity index (χ0) is 11.0. The lowest BCUT2D eigenvalue weighted by molar-refractivity contribution is -0.385. The predicted octanol–water partition coefficient (Wildman–Crippen LogP) is 0.580. The van der Waals surface area contributed by atoms with Crippen molar-refractivity contribution in [3.63, 3.8) is 0 Å². The van der Waals surface area contributed by atoms with E-state index in [0.29, 0.717) is 0 Å². The Bertz CT molecular complexity index is 422. The van der Waals surface area contributed by atoms with E-state index in [1.807, 2.05) is 0 Å². The van der Waals surface area contributed by atoms with Gasteiger partial charge in [-0.1, -0.05) is 0 Å². The molecule has 1 aliphatic rings. The van der Waals surface area contributed by atoms with Gasteiger partial charge in [0.05, 0.1) is 4.92 Å². The average Bonchev–Trinajstić information content (AvgIpc) is 2.91. The fourth-order valence-electron chi connectivity index (χ4n) is 1.24. The van der Waals surface area contributed by atoms with Gasteiger partial charge in [-0.15, -0.1) is 0 Å². The summed E-state index contributed by atoms with van der Waals surface area (Å²) in [6, 6.07) is 0. The Hall–Kier alpha value is -1.92. The van der Waals surface area contributed by atoms with Crippen molar-refractivity contribution >= 4 is 11.6 Å². The van der Waals surface area contributed by atoms with E-state index in [1.165, 1.54) is 13.1 Å². The van der Waals surface area contributed by atoms with Crippen LogP contribution in [0.5, 0.6) is 0 Å². The maximum atomic E-state index is 11.3. The number of nitro groups is 1. The molecule has 1 N–H and O–H groups in total. The van der Waals surface area contributed by atoms with Crippen LogP contribution >= 0.6 is 0 Å². The van der Waals surface area contributed by atoms with E-state index >= 15 is 0 Å². The molecule has 2 rings (SSSR count). The Morgan fingerprint density at radius 3 is 2.87 bits per heavy atom. The molecule has 0 unspecified atom stereocenters. The third-order valence-corrected chi connectivity index (χ3v) is 2.24. The number of amides is 1. The molecule has 1 amide bonds. The maximum Gasteiger partial charge on any atom is 0.312 e. The molecule has 7 nitrogen and oxygen atoms in total. The number of rotatable bonds is 3. The topological polar surface area (TPSA) is 90.1 Å². The summed E-state index contributed by atoms with van der Waals surface area (Å²) in [6.45, 7) is 1.53. The van der Waals surface area contributed by atoms with Gasteiger partial charge in [0.1, 0.15) is 11.9 Å². The van der Waals surface area contributed by atoms with Crippen LogP contribution < -0.4 is 5.43 Å². The van der Waals surface area contributed by atoms with Crippen molar-refractivity contribution < 1.29 is 9.72 Å². The molecule has 1 aromatic heterocycles. The summed E-state index contributed by atoms with van der Waals surface area (Å²) in [5.41, 5.74) is 2.68. The minimum atomic E-state index is -0.526. The first kappa shape index (κ1) is 9.63. The van der Waals surface area contributed by atoms with Crippen LogP contribution in [0.25, 0.3) is 0 Å². The molecule has 0 atom stereocenters. The zero-order valence-corrected chi connectivity index (χ0v) is 8.14. The number of carbonyl (C=O) groups excluding carboxylic acids is 1. The van der Waals surface area contributed by atoms with Crippen molar-refractivity contribution in [2.75, 3.05) is 5.43 Å². The lowest BCUT2D eigenvalue weighted by Crippen LogP contribution is -2.24. The molecule has 1 fully saturated rings. The lowest BCUT2D eigenvalue weighted by atomic mass is 10.4. The van der Waals surface area contributed by atoms with Crippen LogP contribution in [0.3, 0.4) is 0 Å². The normalized spacial score (nSPS) is 15.0. The van der Waals surface area contributed by atoms with E-state index in [0.717, 1.165) is 17.6 Å². The van der Waals surface area contributed by atoms with Crippen LogP contribution in [0, 0.1) is 23.0 Å². The second-order valence-corrected chi connectivity index (χ2v) is 3.55. The molecule has 1 aromatic rings. The summed E-state index contributed by atoms with van der Waals surface area (Å²) in [4.78, 5) is 22.4. The number of carbonyl (C=O) groups is 1. The number of hydrogen-bond acceptors (Lipinski definition) is 4.